The van der Waals surface area contributed by atoms with E-state index in [4.69, 9.17) is 4.74 Å². The second-order valence-electron chi connectivity index (χ2n) is 4.81. The van der Waals surface area contributed by atoms with Crippen LogP contribution < -0.4 is 5.32 Å². The lowest BCUT2D eigenvalue weighted by Crippen LogP contribution is -2.31. The minimum atomic E-state index is 0.508. The molecule has 2 heteroatoms. The van der Waals surface area contributed by atoms with Crippen molar-refractivity contribution in [2.45, 2.75) is 58.4 Å². The third kappa shape index (κ3) is 6.16. The van der Waals surface area contributed by atoms with Crippen molar-refractivity contribution < 1.29 is 4.74 Å². The molecule has 0 amide bonds. The molecule has 0 spiro atoms. The van der Waals surface area contributed by atoms with Crippen molar-refractivity contribution >= 4 is 0 Å². The van der Waals surface area contributed by atoms with Gasteiger partial charge in [-0.2, -0.15) is 0 Å². The molecule has 0 aromatic rings. The molecule has 90 valence electrons. The number of ether oxygens (including phenoxy) is 1. The van der Waals surface area contributed by atoms with Crippen LogP contribution in [0.5, 0.6) is 0 Å². The zero-order chi connectivity index (χ0) is 10.9. The first-order valence-electron chi connectivity index (χ1n) is 6.64. The molecule has 1 aliphatic rings. The molecule has 1 atom stereocenters. The van der Waals surface area contributed by atoms with Crippen molar-refractivity contribution in [3.05, 3.63) is 0 Å². The smallest absolute Gasteiger partial charge is 0.0616 e. The van der Waals surface area contributed by atoms with E-state index in [-0.39, 0.29) is 0 Å². The van der Waals surface area contributed by atoms with Crippen molar-refractivity contribution in [3.8, 4) is 0 Å². The number of rotatable bonds is 8. The van der Waals surface area contributed by atoms with E-state index >= 15 is 0 Å². The fourth-order valence-electron chi connectivity index (χ4n) is 2.39. The second-order valence-corrected chi connectivity index (χ2v) is 4.81. The Morgan fingerprint density at radius 2 is 2.07 bits per heavy atom. The SMILES string of the molecule is CCOCC(C)NCCCC1CCCC1. The highest BCUT2D eigenvalue weighted by Gasteiger charge is 2.13. The summed E-state index contributed by atoms with van der Waals surface area (Å²) < 4.78 is 5.36. The van der Waals surface area contributed by atoms with Crippen LogP contribution in [0.2, 0.25) is 0 Å². The van der Waals surface area contributed by atoms with Crippen molar-refractivity contribution in [1.82, 2.24) is 5.32 Å². The normalized spacial score (nSPS) is 19.6. The van der Waals surface area contributed by atoms with E-state index in [0.29, 0.717) is 6.04 Å². The predicted molar refractivity (Wildman–Crippen MR) is 65.1 cm³/mol. The van der Waals surface area contributed by atoms with Gasteiger partial charge in [0.2, 0.25) is 0 Å². The highest BCUT2D eigenvalue weighted by Crippen LogP contribution is 2.28. The van der Waals surface area contributed by atoms with E-state index in [1.54, 1.807) is 0 Å². The van der Waals surface area contributed by atoms with Gasteiger partial charge in [0.1, 0.15) is 0 Å². The van der Waals surface area contributed by atoms with Crippen LogP contribution in [0.1, 0.15) is 52.4 Å². The van der Waals surface area contributed by atoms with E-state index in [0.717, 1.165) is 25.7 Å². The zero-order valence-corrected chi connectivity index (χ0v) is 10.4. The minimum absolute atomic E-state index is 0.508. The molecule has 0 aromatic heterocycles. The zero-order valence-electron chi connectivity index (χ0n) is 10.4. The molecule has 2 nitrogen and oxygen atoms in total. The van der Waals surface area contributed by atoms with Crippen LogP contribution in [0.3, 0.4) is 0 Å². The largest absolute Gasteiger partial charge is 0.380 e. The number of hydrogen-bond acceptors (Lipinski definition) is 2. The van der Waals surface area contributed by atoms with Crippen LogP contribution in [0.4, 0.5) is 0 Å². The van der Waals surface area contributed by atoms with Crippen LogP contribution in [0.15, 0.2) is 0 Å². The fraction of sp³-hybridized carbons (Fsp3) is 1.00. The van der Waals surface area contributed by atoms with Crippen molar-refractivity contribution in [2.75, 3.05) is 19.8 Å². The average molecular weight is 213 g/mol. The molecule has 0 radical (unpaired) electrons. The molecule has 1 N–H and O–H groups in total. The van der Waals surface area contributed by atoms with Gasteiger partial charge < -0.3 is 10.1 Å². The van der Waals surface area contributed by atoms with E-state index in [9.17, 15) is 0 Å². The summed E-state index contributed by atoms with van der Waals surface area (Å²) in [6.45, 7) is 7.08. The van der Waals surface area contributed by atoms with Gasteiger partial charge in [0, 0.05) is 12.6 Å². The van der Waals surface area contributed by atoms with Crippen LogP contribution in [0, 0.1) is 5.92 Å². The Labute approximate surface area is 94.8 Å². The number of nitrogens with one attached hydrogen (secondary N) is 1. The third-order valence-corrected chi connectivity index (χ3v) is 3.33. The van der Waals surface area contributed by atoms with Crippen LogP contribution >= 0.6 is 0 Å². The Bertz CT molecular complexity index is 143. The lowest BCUT2D eigenvalue weighted by Gasteiger charge is -2.14. The maximum absolute atomic E-state index is 5.36. The Kier molecular flexibility index (Phi) is 7.03. The van der Waals surface area contributed by atoms with Gasteiger partial charge in [-0.05, 0) is 39.2 Å². The monoisotopic (exact) mass is 213 g/mol. The average Bonchev–Trinajstić information content (AvgIpc) is 2.74. The van der Waals surface area contributed by atoms with E-state index in [2.05, 4.69) is 12.2 Å². The van der Waals surface area contributed by atoms with Crippen molar-refractivity contribution in [2.24, 2.45) is 5.92 Å². The molecular weight excluding hydrogens is 186 g/mol. The van der Waals surface area contributed by atoms with Crippen molar-refractivity contribution in [3.63, 3.8) is 0 Å². The molecule has 1 rings (SSSR count). The molecule has 0 bridgehead atoms. The molecule has 1 saturated carbocycles. The summed E-state index contributed by atoms with van der Waals surface area (Å²) in [4.78, 5) is 0. The first kappa shape index (κ1) is 13.0. The predicted octanol–water partition coefficient (Wildman–Crippen LogP) is 2.97. The maximum Gasteiger partial charge on any atom is 0.0616 e. The minimum Gasteiger partial charge on any atom is -0.380 e. The summed E-state index contributed by atoms with van der Waals surface area (Å²) in [5.74, 6) is 1.04. The maximum atomic E-state index is 5.36. The topological polar surface area (TPSA) is 21.3 Å². The summed E-state index contributed by atoms with van der Waals surface area (Å²) in [6, 6.07) is 0.508. The molecule has 1 aliphatic carbocycles. The molecule has 0 aromatic carbocycles. The summed E-state index contributed by atoms with van der Waals surface area (Å²) in [6.07, 6.45) is 8.66. The van der Waals surface area contributed by atoms with Crippen LogP contribution in [-0.4, -0.2) is 25.8 Å². The van der Waals surface area contributed by atoms with Gasteiger partial charge in [-0.15, -0.1) is 0 Å². The molecule has 0 saturated heterocycles. The van der Waals surface area contributed by atoms with E-state index in [1.165, 1.54) is 38.5 Å². The summed E-state index contributed by atoms with van der Waals surface area (Å²) >= 11 is 0. The first-order valence-corrected chi connectivity index (χ1v) is 6.64. The lowest BCUT2D eigenvalue weighted by atomic mass is 10.0. The lowest BCUT2D eigenvalue weighted by molar-refractivity contribution is 0.127. The van der Waals surface area contributed by atoms with E-state index < -0.39 is 0 Å². The van der Waals surface area contributed by atoms with Crippen molar-refractivity contribution in [1.29, 1.82) is 0 Å². The molecule has 15 heavy (non-hydrogen) atoms. The molecular formula is C13H27NO. The molecule has 1 unspecified atom stereocenters. The quantitative estimate of drug-likeness (QED) is 0.626. The highest BCUT2D eigenvalue weighted by molar-refractivity contribution is 4.68. The highest BCUT2D eigenvalue weighted by atomic mass is 16.5. The summed E-state index contributed by atoms with van der Waals surface area (Å²) in [5.41, 5.74) is 0. The van der Waals surface area contributed by atoms with Gasteiger partial charge in [0.25, 0.3) is 0 Å². The Balaban J connectivity index is 1.87. The van der Waals surface area contributed by atoms with Crippen LogP contribution in [0.25, 0.3) is 0 Å². The number of hydrogen-bond donors (Lipinski definition) is 1. The fourth-order valence-corrected chi connectivity index (χ4v) is 2.39. The molecule has 0 heterocycles. The second kappa shape index (κ2) is 8.12. The van der Waals surface area contributed by atoms with Gasteiger partial charge in [-0.25, -0.2) is 0 Å². The summed E-state index contributed by atoms with van der Waals surface area (Å²) in [7, 11) is 0. The standard InChI is InChI=1S/C13H27NO/c1-3-15-11-12(2)14-10-6-9-13-7-4-5-8-13/h12-14H,3-11H2,1-2H3. The van der Waals surface area contributed by atoms with Gasteiger partial charge in [-0.1, -0.05) is 25.7 Å². The Morgan fingerprint density at radius 3 is 2.73 bits per heavy atom. The van der Waals surface area contributed by atoms with Gasteiger partial charge in [0.05, 0.1) is 6.61 Å². The molecule has 0 aliphatic heterocycles. The first-order chi connectivity index (χ1) is 7.33. The van der Waals surface area contributed by atoms with E-state index in [1.807, 2.05) is 6.92 Å². The molecule has 1 fully saturated rings. The van der Waals surface area contributed by atoms with Crippen LogP contribution in [-0.2, 0) is 4.74 Å². The third-order valence-electron chi connectivity index (χ3n) is 3.33. The van der Waals surface area contributed by atoms with Gasteiger partial charge in [-0.3, -0.25) is 0 Å². The summed E-state index contributed by atoms with van der Waals surface area (Å²) in [5, 5.41) is 3.52. The van der Waals surface area contributed by atoms with Gasteiger partial charge in [0.15, 0.2) is 0 Å². The Morgan fingerprint density at radius 1 is 1.33 bits per heavy atom. The van der Waals surface area contributed by atoms with Gasteiger partial charge >= 0.3 is 0 Å². The Hall–Kier alpha value is -0.0800.